The van der Waals surface area contributed by atoms with E-state index in [0.29, 0.717) is 12.8 Å². The zero-order chi connectivity index (χ0) is 8.77. The summed E-state index contributed by atoms with van der Waals surface area (Å²) in [6.45, 7) is 0. The van der Waals surface area contributed by atoms with Crippen molar-refractivity contribution in [2.24, 2.45) is 0 Å². The van der Waals surface area contributed by atoms with Crippen molar-refractivity contribution in [3.63, 3.8) is 0 Å². The van der Waals surface area contributed by atoms with Crippen molar-refractivity contribution in [1.29, 1.82) is 0 Å². The number of hydrogen-bond donors (Lipinski definition) is 1. The Morgan fingerprint density at radius 1 is 1.08 bits per heavy atom. The number of aliphatic hydroxyl groups is 1. The van der Waals surface area contributed by atoms with Crippen molar-refractivity contribution in [3.8, 4) is 0 Å². The molecular formula is C8H14O3S. The second-order valence-electron chi connectivity index (χ2n) is 3.89. The van der Waals surface area contributed by atoms with Crippen LogP contribution in [0.1, 0.15) is 32.1 Å². The quantitative estimate of drug-likeness (QED) is 0.604. The molecule has 4 heteroatoms. The third-order valence-electron chi connectivity index (χ3n) is 3.05. The summed E-state index contributed by atoms with van der Waals surface area (Å²) in [6, 6.07) is 0. The highest BCUT2D eigenvalue weighted by molar-refractivity contribution is 7.92. The molecule has 2 aliphatic heterocycles. The Bertz CT molecular complexity index is 250. The molecule has 1 N–H and O–H groups in total. The van der Waals surface area contributed by atoms with E-state index in [1.54, 1.807) is 0 Å². The molecule has 0 spiro atoms. The first-order chi connectivity index (χ1) is 5.60. The van der Waals surface area contributed by atoms with Gasteiger partial charge in [-0.2, -0.15) is 0 Å². The molecule has 2 saturated heterocycles. The Labute approximate surface area is 72.7 Å². The SMILES string of the molecule is O=S1(=O)C2CCCC1CC(O)C2. The lowest BCUT2D eigenvalue weighted by Crippen LogP contribution is -2.45. The Morgan fingerprint density at radius 2 is 1.58 bits per heavy atom. The van der Waals surface area contributed by atoms with Gasteiger partial charge in [0.2, 0.25) is 0 Å². The average Bonchev–Trinajstić information content (AvgIpc) is 1.92. The minimum absolute atomic E-state index is 0.236. The van der Waals surface area contributed by atoms with Crippen LogP contribution in [0, 0.1) is 0 Å². The van der Waals surface area contributed by atoms with Crippen molar-refractivity contribution in [1.82, 2.24) is 0 Å². The maximum absolute atomic E-state index is 11.6. The van der Waals surface area contributed by atoms with Crippen molar-refractivity contribution in [2.45, 2.75) is 48.7 Å². The number of hydrogen-bond acceptors (Lipinski definition) is 3. The number of sulfone groups is 1. The third-order valence-corrected chi connectivity index (χ3v) is 5.77. The maximum atomic E-state index is 11.6. The standard InChI is InChI=1S/C8H14O3S/c9-6-4-7-2-1-3-8(5-6)12(7,10)11/h6-9H,1-5H2. The van der Waals surface area contributed by atoms with E-state index >= 15 is 0 Å². The lowest BCUT2D eigenvalue weighted by molar-refractivity contribution is 0.134. The van der Waals surface area contributed by atoms with E-state index in [2.05, 4.69) is 0 Å². The third kappa shape index (κ3) is 1.17. The molecule has 0 saturated carbocycles. The van der Waals surface area contributed by atoms with Gasteiger partial charge in [-0.3, -0.25) is 0 Å². The van der Waals surface area contributed by atoms with Crippen LogP contribution in [0.2, 0.25) is 0 Å². The topological polar surface area (TPSA) is 54.4 Å². The summed E-state index contributed by atoms with van der Waals surface area (Å²) < 4.78 is 23.3. The number of rotatable bonds is 0. The van der Waals surface area contributed by atoms with E-state index in [9.17, 15) is 13.5 Å². The van der Waals surface area contributed by atoms with Crippen molar-refractivity contribution < 1.29 is 13.5 Å². The molecule has 2 rings (SSSR count). The van der Waals surface area contributed by atoms with Gasteiger partial charge >= 0.3 is 0 Å². The van der Waals surface area contributed by atoms with Gasteiger partial charge in [-0.15, -0.1) is 0 Å². The second-order valence-corrected chi connectivity index (χ2v) is 6.40. The molecule has 2 aliphatic rings. The van der Waals surface area contributed by atoms with Gasteiger partial charge in [0.25, 0.3) is 0 Å². The highest BCUT2D eigenvalue weighted by Crippen LogP contribution is 2.36. The van der Waals surface area contributed by atoms with Gasteiger partial charge < -0.3 is 5.11 Å². The first-order valence-electron chi connectivity index (χ1n) is 4.51. The predicted molar refractivity (Wildman–Crippen MR) is 45.6 cm³/mol. The van der Waals surface area contributed by atoms with Crippen LogP contribution in [0.25, 0.3) is 0 Å². The van der Waals surface area contributed by atoms with Crippen molar-refractivity contribution >= 4 is 9.84 Å². The van der Waals surface area contributed by atoms with Crippen LogP contribution < -0.4 is 0 Å². The molecule has 3 nitrogen and oxygen atoms in total. The molecule has 0 amide bonds. The lowest BCUT2D eigenvalue weighted by atomic mass is 9.97. The van der Waals surface area contributed by atoms with E-state index in [-0.39, 0.29) is 16.6 Å². The molecule has 0 aromatic rings. The summed E-state index contributed by atoms with van der Waals surface area (Å²) in [5, 5.41) is 8.91. The van der Waals surface area contributed by atoms with Gasteiger partial charge in [0.1, 0.15) is 0 Å². The van der Waals surface area contributed by atoms with Crippen LogP contribution >= 0.6 is 0 Å². The van der Waals surface area contributed by atoms with E-state index in [0.717, 1.165) is 19.3 Å². The largest absolute Gasteiger partial charge is 0.393 e. The zero-order valence-corrected chi connectivity index (χ0v) is 7.76. The molecule has 0 aromatic heterocycles. The highest BCUT2D eigenvalue weighted by Gasteiger charge is 2.43. The van der Waals surface area contributed by atoms with Crippen LogP contribution in [0.4, 0.5) is 0 Å². The smallest absolute Gasteiger partial charge is 0.156 e. The molecule has 2 atom stereocenters. The average molecular weight is 190 g/mol. The summed E-state index contributed by atoms with van der Waals surface area (Å²) in [4.78, 5) is 0. The predicted octanol–water partition coefficient (Wildman–Crippen LogP) is 0.477. The van der Waals surface area contributed by atoms with Gasteiger partial charge in [0.15, 0.2) is 9.84 Å². The molecule has 0 aliphatic carbocycles. The van der Waals surface area contributed by atoms with Gasteiger partial charge in [-0.05, 0) is 25.7 Å². The van der Waals surface area contributed by atoms with Crippen LogP contribution in [0.3, 0.4) is 0 Å². The first kappa shape index (κ1) is 8.51. The molecule has 2 fully saturated rings. The van der Waals surface area contributed by atoms with Gasteiger partial charge in [-0.25, -0.2) is 8.42 Å². The Balaban J connectivity index is 2.30. The Kier molecular flexibility index (Phi) is 1.92. The van der Waals surface area contributed by atoms with Crippen molar-refractivity contribution in [2.75, 3.05) is 0 Å². The van der Waals surface area contributed by atoms with Crippen molar-refractivity contribution in [3.05, 3.63) is 0 Å². The molecule has 2 bridgehead atoms. The van der Waals surface area contributed by atoms with E-state index in [1.807, 2.05) is 0 Å². The molecule has 2 unspecified atom stereocenters. The minimum Gasteiger partial charge on any atom is -0.393 e. The molecule has 70 valence electrons. The van der Waals surface area contributed by atoms with Crippen LogP contribution in [0.5, 0.6) is 0 Å². The number of fused-ring (bicyclic) bond motifs is 2. The fourth-order valence-corrected chi connectivity index (χ4v) is 4.90. The second kappa shape index (κ2) is 2.70. The molecule has 0 radical (unpaired) electrons. The molecular weight excluding hydrogens is 176 g/mol. The van der Waals surface area contributed by atoms with E-state index < -0.39 is 9.84 Å². The molecule has 0 aromatic carbocycles. The van der Waals surface area contributed by atoms with Gasteiger partial charge in [0.05, 0.1) is 16.6 Å². The van der Waals surface area contributed by atoms with Gasteiger partial charge in [-0.1, -0.05) is 6.42 Å². The monoisotopic (exact) mass is 190 g/mol. The summed E-state index contributed by atoms with van der Waals surface area (Å²) in [6.07, 6.45) is 3.11. The lowest BCUT2D eigenvalue weighted by Gasteiger charge is -2.36. The number of aliphatic hydroxyl groups excluding tert-OH is 1. The zero-order valence-electron chi connectivity index (χ0n) is 6.94. The first-order valence-corrected chi connectivity index (χ1v) is 6.12. The van der Waals surface area contributed by atoms with Crippen LogP contribution in [-0.2, 0) is 9.84 Å². The fraction of sp³-hybridized carbons (Fsp3) is 1.00. The molecule has 2 heterocycles. The van der Waals surface area contributed by atoms with E-state index in [4.69, 9.17) is 0 Å². The fourth-order valence-electron chi connectivity index (χ4n) is 2.38. The minimum atomic E-state index is -2.86. The summed E-state index contributed by atoms with van der Waals surface area (Å²) >= 11 is 0. The van der Waals surface area contributed by atoms with E-state index in [1.165, 1.54) is 0 Å². The van der Waals surface area contributed by atoms with Crippen LogP contribution in [-0.4, -0.2) is 30.1 Å². The van der Waals surface area contributed by atoms with Gasteiger partial charge in [0, 0.05) is 0 Å². The Morgan fingerprint density at radius 3 is 2.08 bits per heavy atom. The Hall–Kier alpha value is -0.0900. The van der Waals surface area contributed by atoms with Crippen LogP contribution in [0.15, 0.2) is 0 Å². The maximum Gasteiger partial charge on any atom is 0.156 e. The summed E-state index contributed by atoms with van der Waals surface area (Å²) in [7, 11) is -2.86. The highest BCUT2D eigenvalue weighted by atomic mass is 32.2. The normalized spacial score (nSPS) is 45.6. The molecule has 12 heavy (non-hydrogen) atoms. The summed E-state index contributed by atoms with van der Waals surface area (Å²) in [5.41, 5.74) is 0. The summed E-state index contributed by atoms with van der Waals surface area (Å²) in [5.74, 6) is 0.